The lowest BCUT2D eigenvalue weighted by Gasteiger charge is -2.11. The summed E-state index contributed by atoms with van der Waals surface area (Å²) in [5, 5.41) is 4.85. The van der Waals surface area contributed by atoms with Crippen molar-refractivity contribution in [3.63, 3.8) is 0 Å². The molecular weight excluding hydrogens is 370 g/mol. The summed E-state index contributed by atoms with van der Waals surface area (Å²) in [4.78, 5) is 22.9. The fraction of sp³-hybridized carbons (Fsp3) is 0.250. The van der Waals surface area contributed by atoms with Gasteiger partial charge < -0.3 is 15.1 Å². The molecule has 10 heteroatoms. The van der Waals surface area contributed by atoms with Crippen molar-refractivity contribution in [2.75, 3.05) is 11.9 Å². The maximum Gasteiger partial charge on any atom is 0.341 e. The van der Waals surface area contributed by atoms with Crippen LogP contribution in [0.3, 0.4) is 0 Å². The third-order valence-electron chi connectivity index (χ3n) is 3.31. The molecular formula is C16H16F2N2O5S. The van der Waals surface area contributed by atoms with Crippen molar-refractivity contribution in [1.29, 1.82) is 0 Å². The zero-order chi connectivity index (χ0) is 19.2. The number of benzene rings is 1. The standard InChI is InChI=1S/C16H16F2N2O5S/c17-16(18)26(23,24)13-7-2-1-5-11(13)20-14(21)8-3-9-19-15(22)12-6-4-10-25-12/h1-2,4-7,10,16H,3,8-9H2,(H,19,22)(H,20,21). The Morgan fingerprint density at radius 1 is 1.12 bits per heavy atom. The van der Waals surface area contributed by atoms with Crippen LogP contribution in [0.2, 0.25) is 0 Å². The summed E-state index contributed by atoms with van der Waals surface area (Å²) in [6, 6.07) is 7.99. The average molecular weight is 386 g/mol. The van der Waals surface area contributed by atoms with Gasteiger partial charge in [0.05, 0.1) is 16.8 Å². The number of furan rings is 1. The molecule has 1 aromatic heterocycles. The molecule has 2 amide bonds. The molecule has 0 aliphatic carbocycles. The smallest absolute Gasteiger partial charge is 0.341 e. The van der Waals surface area contributed by atoms with Crippen molar-refractivity contribution in [1.82, 2.24) is 5.32 Å². The minimum atomic E-state index is -4.83. The quantitative estimate of drug-likeness (QED) is 0.678. The van der Waals surface area contributed by atoms with Crippen LogP contribution in [0.1, 0.15) is 23.4 Å². The number of sulfone groups is 1. The Balaban J connectivity index is 1.88. The van der Waals surface area contributed by atoms with Gasteiger partial charge in [0.2, 0.25) is 15.7 Å². The van der Waals surface area contributed by atoms with Crippen LogP contribution < -0.4 is 10.6 Å². The second kappa shape index (κ2) is 8.56. The van der Waals surface area contributed by atoms with Crippen LogP contribution in [0, 0.1) is 0 Å². The fourth-order valence-corrected chi connectivity index (χ4v) is 2.96. The second-order valence-corrected chi connectivity index (χ2v) is 7.07. The number of hydrogen-bond acceptors (Lipinski definition) is 5. The number of rotatable bonds is 8. The number of hydrogen-bond donors (Lipinski definition) is 2. The van der Waals surface area contributed by atoms with Crippen LogP contribution in [-0.4, -0.2) is 32.5 Å². The Hall–Kier alpha value is -2.75. The number of para-hydroxylation sites is 1. The first-order chi connectivity index (χ1) is 12.3. The maximum absolute atomic E-state index is 12.7. The predicted molar refractivity (Wildman–Crippen MR) is 88.5 cm³/mol. The van der Waals surface area contributed by atoms with Gasteiger partial charge in [0.25, 0.3) is 5.91 Å². The highest BCUT2D eigenvalue weighted by molar-refractivity contribution is 7.91. The molecule has 7 nitrogen and oxygen atoms in total. The number of carbonyl (C=O) groups is 2. The van der Waals surface area contributed by atoms with Gasteiger partial charge in [-0.3, -0.25) is 9.59 Å². The van der Waals surface area contributed by atoms with Crippen molar-refractivity contribution in [3.8, 4) is 0 Å². The Morgan fingerprint density at radius 3 is 2.50 bits per heavy atom. The first kappa shape index (κ1) is 19.6. The van der Waals surface area contributed by atoms with Gasteiger partial charge in [-0.1, -0.05) is 12.1 Å². The normalized spacial score (nSPS) is 11.3. The van der Waals surface area contributed by atoms with Crippen molar-refractivity contribution >= 4 is 27.3 Å². The second-order valence-electron chi connectivity index (χ2n) is 5.19. The van der Waals surface area contributed by atoms with E-state index in [1.165, 1.54) is 30.5 Å². The fourth-order valence-electron chi connectivity index (χ4n) is 2.07. The Kier molecular flexibility index (Phi) is 6.45. The number of halogens is 2. The molecule has 0 bridgehead atoms. The van der Waals surface area contributed by atoms with E-state index in [4.69, 9.17) is 4.42 Å². The van der Waals surface area contributed by atoms with Crippen LogP contribution in [0.4, 0.5) is 14.5 Å². The van der Waals surface area contributed by atoms with E-state index in [-0.39, 0.29) is 30.8 Å². The first-order valence-corrected chi connectivity index (χ1v) is 9.09. The summed E-state index contributed by atoms with van der Waals surface area (Å²) >= 11 is 0. The molecule has 140 valence electrons. The van der Waals surface area contributed by atoms with Crippen molar-refractivity contribution in [3.05, 3.63) is 48.4 Å². The highest BCUT2D eigenvalue weighted by Crippen LogP contribution is 2.26. The van der Waals surface area contributed by atoms with Gasteiger partial charge in [-0.15, -0.1) is 0 Å². The third kappa shape index (κ3) is 4.88. The van der Waals surface area contributed by atoms with E-state index in [1.807, 2.05) is 0 Å². The Bertz CT molecular complexity index is 867. The van der Waals surface area contributed by atoms with Crippen molar-refractivity contribution < 1.29 is 31.2 Å². The van der Waals surface area contributed by atoms with Crippen molar-refractivity contribution in [2.24, 2.45) is 0 Å². The van der Waals surface area contributed by atoms with E-state index in [0.717, 1.165) is 6.07 Å². The molecule has 0 saturated carbocycles. The van der Waals surface area contributed by atoms with E-state index in [0.29, 0.717) is 0 Å². The molecule has 1 aromatic carbocycles. The molecule has 26 heavy (non-hydrogen) atoms. The first-order valence-electron chi connectivity index (χ1n) is 7.55. The topological polar surface area (TPSA) is 105 Å². The minimum absolute atomic E-state index is 0.0402. The van der Waals surface area contributed by atoms with Gasteiger partial charge in [-0.25, -0.2) is 8.42 Å². The van der Waals surface area contributed by atoms with E-state index in [2.05, 4.69) is 10.6 Å². The number of nitrogens with one attached hydrogen (secondary N) is 2. The summed E-state index contributed by atoms with van der Waals surface area (Å²) in [7, 11) is -4.83. The molecule has 0 radical (unpaired) electrons. The molecule has 0 unspecified atom stereocenters. The highest BCUT2D eigenvalue weighted by atomic mass is 32.2. The summed E-state index contributed by atoms with van der Waals surface area (Å²) in [6.45, 7) is 0.184. The lowest BCUT2D eigenvalue weighted by molar-refractivity contribution is -0.116. The molecule has 0 spiro atoms. The van der Waals surface area contributed by atoms with Crippen molar-refractivity contribution in [2.45, 2.75) is 23.5 Å². The summed E-state index contributed by atoms with van der Waals surface area (Å²) < 4.78 is 53.6. The summed E-state index contributed by atoms with van der Waals surface area (Å²) in [5.74, 6) is -4.43. The molecule has 2 N–H and O–H groups in total. The van der Waals surface area contributed by atoms with Crippen LogP contribution in [0.5, 0.6) is 0 Å². The zero-order valence-electron chi connectivity index (χ0n) is 13.4. The number of amides is 2. The van der Waals surface area contributed by atoms with E-state index in [9.17, 15) is 26.8 Å². The lowest BCUT2D eigenvalue weighted by atomic mass is 10.2. The summed E-state index contributed by atoms with van der Waals surface area (Å²) in [5.41, 5.74) is -0.211. The summed E-state index contributed by atoms with van der Waals surface area (Å²) in [6.07, 6.45) is 1.58. The largest absolute Gasteiger partial charge is 0.459 e. The van der Waals surface area contributed by atoms with E-state index >= 15 is 0 Å². The van der Waals surface area contributed by atoms with Gasteiger partial charge in [0.15, 0.2) is 5.76 Å². The SMILES string of the molecule is O=C(CCCNC(=O)c1ccco1)Nc1ccccc1S(=O)(=O)C(F)F. The lowest BCUT2D eigenvalue weighted by Crippen LogP contribution is -2.25. The van der Waals surface area contributed by atoms with Gasteiger partial charge >= 0.3 is 5.76 Å². The van der Waals surface area contributed by atoms with E-state index < -0.39 is 32.3 Å². The molecule has 2 aromatic rings. The van der Waals surface area contributed by atoms with Crippen LogP contribution in [0.25, 0.3) is 0 Å². The Labute approximate surface area is 148 Å². The monoisotopic (exact) mass is 386 g/mol. The van der Waals surface area contributed by atoms with Crippen LogP contribution in [-0.2, 0) is 14.6 Å². The van der Waals surface area contributed by atoms with E-state index in [1.54, 1.807) is 6.07 Å². The molecule has 0 aliphatic heterocycles. The molecule has 1 heterocycles. The van der Waals surface area contributed by atoms with Crippen LogP contribution in [0.15, 0.2) is 52.0 Å². The number of carbonyl (C=O) groups excluding carboxylic acids is 2. The molecule has 0 fully saturated rings. The molecule has 0 saturated heterocycles. The van der Waals surface area contributed by atoms with Gasteiger partial charge in [0.1, 0.15) is 0 Å². The molecule has 0 aliphatic rings. The zero-order valence-corrected chi connectivity index (χ0v) is 14.3. The van der Waals surface area contributed by atoms with Crippen LogP contribution >= 0.6 is 0 Å². The molecule has 0 atom stereocenters. The average Bonchev–Trinajstić information content (AvgIpc) is 3.13. The third-order valence-corrected chi connectivity index (χ3v) is 4.75. The maximum atomic E-state index is 12.7. The van der Waals surface area contributed by atoms with Gasteiger partial charge in [-0.05, 0) is 30.7 Å². The molecule has 2 rings (SSSR count). The predicted octanol–water partition coefficient (Wildman–Crippen LogP) is 2.42. The van der Waals surface area contributed by atoms with Gasteiger partial charge in [0, 0.05) is 13.0 Å². The van der Waals surface area contributed by atoms with Gasteiger partial charge in [-0.2, -0.15) is 8.78 Å². The Morgan fingerprint density at radius 2 is 1.85 bits per heavy atom. The highest BCUT2D eigenvalue weighted by Gasteiger charge is 2.29. The number of alkyl halides is 2. The number of anilines is 1. The minimum Gasteiger partial charge on any atom is -0.459 e.